The van der Waals surface area contributed by atoms with Gasteiger partial charge in [0, 0.05) is 20.1 Å². The fourth-order valence-electron chi connectivity index (χ4n) is 2.43. The molecule has 1 rings (SSSR count). The predicted molar refractivity (Wildman–Crippen MR) is 73.1 cm³/mol. The summed E-state index contributed by atoms with van der Waals surface area (Å²) in [6.07, 6.45) is 4.52. The van der Waals surface area contributed by atoms with E-state index in [2.05, 4.69) is 12.2 Å². The first-order chi connectivity index (χ1) is 9.25. The number of esters is 1. The summed E-state index contributed by atoms with van der Waals surface area (Å²) in [5.41, 5.74) is -0.425. The van der Waals surface area contributed by atoms with Crippen LogP contribution in [0.1, 0.15) is 39.0 Å². The van der Waals surface area contributed by atoms with Crippen molar-refractivity contribution < 1.29 is 19.0 Å². The predicted octanol–water partition coefficient (Wildman–Crippen LogP) is 1.51. The van der Waals surface area contributed by atoms with Gasteiger partial charge in [0.2, 0.25) is 0 Å². The maximum Gasteiger partial charge on any atom is 0.326 e. The van der Waals surface area contributed by atoms with Crippen molar-refractivity contribution in [2.45, 2.75) is 44.6 Å². The van der Waals surface area contributed by atoms with E-state index in [0.717, 1.165) is 38.6 Å². The molecule has 0 saturated carbocycles. The third-order valence-electron chi connectivity index (χ3n) is 3.41. The molecule has 5 heteroatoms. The van der Waals surface area contributed by atoms with E-state index in [1.54, 1.807) is 7.11 Å². The van der Waals surface area contributed by atoms with Gasteiger partial charge in [-0.1, -0.05) is 13.3 Å². The summed E-state index contributed by atoms with van der Waals surface area (Å²) in [7, 11) is 1.65. The lowest BCUT2D eigenvalue weighted by atomic mass is 9.92. The van der Waals surface area contributed by atoms with E-state index < -0.39 is 5.54 Å². The van der Waals surface area contributed by atoms with Crippen LogP contribution < -0.4 is 5.32 Å². The summed E-state index contributed by atoms with van der Waals surface area (Å²) in [6.45, 7) is 5.23. The van der Waals surface area contributed by atoms with Crippen LogP contribution in [-0.4, -0.2) is 51.6 Å². The molecule has 0 aromatic heterocycles. The molecule has 1 saturated heterocycles. The number of carbonyl (C=O) groups excluding carboxylic acids is 1. The van der Waals surface area contributed by atoms with E-state index in [0.29, 0.717) is 26.4 Å². The highest BCUT2D eigenvalue weighted by Gasteiger charge is 2.41. The smallest absolute Gasteiger partial charge is 0.326 e. The molecule has 1 N–H and O–H groups in total. The highest BCUT2D eigenvalue weighted by atomic mass is 16.5. The van der Waals surface area contributed by atoms with Crippen LogP contribution in [0.4, 0.5) is 0 Å². The number of rotatable bonds is 10. The number of ether oxygens (including phenoxy) is 3. The van der Waals surface area contributed by atoms with Crippen LogP contribution in [0.15, 0.2) is 0 Å². The van der Waals surface area contributed by atoms with Crippen molar-refractivity contribution >= 4 is 5.97 Å². The lowest BCUT2D eigenvalue weighted by molar-refractivity contribution is -0.151. The number of nitrogens with one attached hydrogen (secondary N) is 1. The van der Waals surface area contributed by atoms with Crippen molar-refractivity contribution in [3.63, 3.8) is 0 Å². The molecule has 112 valence electrons. The van der Waals surface area contributed by atoms with Crippen LogP contribution in [0.25, 0.3) is 0 Å². The highest BCUT2D eigenvalue weighted by Crippen LogP contribution is 2.26. The van der Waals surface area contributed by atoms with E-state index in [-0.39, 0.29) is 5.97 Å². The summed E-state index contributed by atoms with van der Waals surface area (Å²) in [5, 5.41) is 3.32. The Morgan fingerprint density at radius 1 is 1.26 bits per heavy atom. The average Bonchev–Trinajstić information content (AvgIpc) is 2.88. The minimum atomic E-state index is -0.425. The van der Waals surface area contributed by atoms with Crippen LogP contribution in [0.2, 0.25) is 0 Å². The van der Waals surface area contributed by atoms with E-state index in [1.807, 2.05) is 0 Å². The molecule has 1 fully saturated rings. The van der Waals surface area contributed by atoms with Crippen molar-refractivity contribution in [1.29, 1.82) is 0 Å². The molecule has 1 unspecified atom stereocenters. The van der Waals surface area contributed by atoms with Gasteiger partial charge in [-0.3, -0.25) is 4.79 Å². The zero-order valence-corrected chi connectivity index (χ0v) is 12.2. The first-order valence-electron chi connectivity index (χ1n) is 7.24. The standard InChI is InChI=1S/C14H27NO4/c1-3-6-14(7-4-8-15-14)13(16)19-10-5-9-18-12-11-17-2/h15H,3-12H2,1-2H3. The molecule has 0 aromatic carbocycles. The fourth-order valence-corrected chi connectivity index (χ4v) is 2.43. The number of hydrogen-bond acceptors (Lipinski definition) is 5. The Balaban J connectivity index is 2.15. The van der Waals surface area contributed by atoms with Crippen molar-refractivity contribution in [3.8, 4) is 0 Å². The van der Waals surface area contributed by atoms with Crippen molar-refractivity contribution in [1.82, 2.24) is 5.32 Å². The molecule has 5 nitrogen and oxygen atoms in total. The van der Waals surface area contributed by atoms with Crippen LogP contribution in [0.5, 0.6) is 0 Å². The summed E-state index contributed by atoms with van der Waals surface area (Å²) in [4.78, 5) is 12.1. The van der Waals surface area contributed by atoms with Crippen LogP contribution in [0, 0.1) is 0 Å². The van der Waals surface area contributed by atoms with Gasteiger partial charge in [0.05, 0.1) is 19.8 Å². The van der Waals surface area contributed by atoms with E-state index in [4.69, 9.17) is 14.2 Å². The van der Waals surface area contributed by atoms with Gasteiger partial charge in [0.15, 0.2) is 0 Å². The monoisotopic (exact) mass is 273 g/mol. The van der Waals surface area contributed by atoms with Gasteiger partial charge in [-0.2, -0.15) is 0 Å². The second kappa shape index (κ2) is 9.28. The Morgan fingerprint density at radius 3 is 2.74 bits per heavy atom. The SMILES string of the molecule is CCCC1(C(=O)OCCCOCCOC)CCCN1. The minimum absolute atomic E-state index is 0.0938. The molecular formula is C14H27NO4. The topological polar surface area (TPSA) is 56.8 Å². The fraction of sp³-hybridized carbons (Fsp3) is 0.929. The van der Waals surface area contributed by atoms with Gasteiger partial charge in [-0.25, -0.2) is 0 Å². The lowest BCUT2D eigenvalue weighted by Crippen LogP contribution is -2.48. The van der Waals surface area contributed by atoms with Gasteiger partial charge in [0.1, 0.15) is 5.54 Å². The quantitative estimate of drug-likeness (QED) is 0.483. The molecule has 19 heavy (non-hydrogen) atoms. The molecule has 0 spiro atoms. The Morgan fingerprint density at radius 2 is 2.11 bits per heavy atom. The summed E-state index contributed by atoms with van der Waals surface area (Å²) >= 11 is 0. The van der Waals surface area contributed by atoms with Gasteiger partial charge < -0.3 is 19.5 Å². The maximum atomic E-state index is 12.1. The van der Waals surface area contributed by atoms with Crippen LogP contribution >= 0.6 is 0 Å². The minimum Gasteiger partial charge on any atom is -0.464 e. The van der Waals surface area contributed by atoms with Gasteiger partial charge in [0.25, 0.3) is 0 Å². The second-order valence-electron chi connectivity index (χ2n) is 4.96. The molecule has 1 aliphatic heterocycles. The molecule has 0 radical (unpaired) electrons. The van der Waals surface area contributed by atoms with Crippen LogP contribution in [0.3, 0.4) is 0 Å². The third kappa shape index (κ3) is 5.47. The molecule has 1 aliphatic rings. The first-order valence-corrected chi connectivity index (χ1v) is 7.24. The first kappa shape index (κ1) is 16.4. The summed E-state index contributed by atoms with van der Waals surface area (Å²) in [6, 6.07) is 0. The normalized spacial score (nSPS) is 22.6. The Hall–Kier alpha value is -0.650. The summed E-state index contributed by atoms with van der Waals surface area (Å²) < 4.78 is 15.6. The molecule has 1 heterocycles. The third-order valence-corrected chi connectivity index (χ3v) is 3.41. The van der Waals surface area contributed by atoms with Gasteiger partial charge >= 0.3 is 5.97 Å². The maximum absolute atomic E-state index is 12.1. The largest absolute Gasteiger partial charge is 0.464 e. The Labute approximate surface area is 116 Å². The van der Waals surface area contributed by atoms with Gasteiger partial charge in [-0.15, -0.1) is 0 Å². The molecule has 0 aliphatic carbocycles. The Bertz CT molecular complexity index is 252. The van der Waals surface area contributed by atoms with E-state index >= 15 is 0 Å². The van der Waals surface area contributed by atoms with Crippen molar-refractivity contribution in [2.75, 3.05) is 40.1 Å². The van der Waals surface area contributed by atoms with Gasteiger partial charge in [-0.05, 0) is 25.8 Å². The van der Waals surface area contributed by atoms with E-state index in [9.17, 15) is 4.79 Å². The zero-order valence-electron chi connectivity index (χ0n) is 12.2. The molecule has 0 bridgehead atoms. The number of carbonyl (C=O) groups is 1. The number of methoxy groups -OCH3 is 1. The van der Waals surface area contributed by atoms with Crippen LogP contribution in [-0.2, 0) is 19.0 Å². The Kier molecular flexibility index (Phi) is 8.02. The second-order valence-corrected chi connectivity index (χ2v) is 4.96. The summed E-state index contributed by atoms with van der Waals surface area (Å²) in [5.74, 6) is -0.0938. The molecular weight excluding hydrogens is 246 g/mol. The highest BCUT2D eigenvalue weighted by molar-refractivity contribution is 5.81. The van der Waals surface area contributed by atoms with Crippen molar-refractivity contribution in [2.24, 2.45) is 0 Å². The van der Waals surface area contributed by atoms with Crippen molar-refractivity contribution in [3.05, 3.63) is 0 Å². The molecule has 1 atom stereocenters. The van der Waals surface area contributed by atoms with E-state index in [1.165, 1.54) is 0 Å². The average molecular weight is 273 g/mol. The lowest BCUT2D eigenvalue weighted by Gasteiger charge is -2.26. The molecule has 0 amide bonds. The zero-order chi connectivity index (χ0) is 14.0. The molecule has 0 aromatic rings. The number of hydrogen-bond donors (Lipinski definition) is 1.